The summed E-state index contributed by atoms with van der Waals surface area (Å²) in [5, 5.41) is 6.22. The molecule has 0 aromatic carbocycles. The second-order valence-corrected chi connectivity index (χ2v) is 5.61. The van der Waals surface area contributed by atoms with Crippen LogP contribution in [0.4, 0.5) is 0 Å². The highest BCUT2D eigenvalue weighted by Gasteiger charge is 2.38. The number of hydrogen-bond acceptors (Lipinski definition) is 3. The van der Waals surface area contributed by atoms with E-state index >= 15 is 0 Å². The molecule has 2 heterocycles. The van der Waals surface area contributed by atoms with Crippen molar-refractivity contribution >= 4 is 17.7 Å². The van der Waals surface area contributed by atoms with Gasteiger partial charge in [0.1, 0.15) is 0 Å². The van der Waals surface area contributed by atoms with Gasteiger partial charge in [-0.25, -0.2) is 0 Å². The molecule has 0 spiro atoms. The summed E-state index contributed by atoms with van der Waals surface area (Å²) in [5.74, 6) is 1.37. The molecule has 2 saturated heterocycles. The lowest BCUT2D eigenvalue weighted by atomic mass is 10.0. The fraction of sp³-hybridized carbons (Fsp3) is 0.889. The van der Waals surface area contributed by atoms with E-state index in [1.807, 2.05) is 0 Å². The van der Waals surface area contributed by atoms with Gasteiger partial charge in [-0.2, -0.15) is 0 Å². The maximum atomic E-state index is 11.8. The first-order chi connectivity index (χ1) is 6.21. The van der Waals surface area contributed by atoms with E-state index in [4.69, 9.17) is 0 Å². The van der Waals surface area contributed by atoms with Crippen LogP contribution in [0.2, 0.25) is 0 Å². The van der Waals surface area contributed by atoms with Gasteiger partial charge >= 0.3 is 0 Å². The topological polar surface area (TPSA) is 41.1 Å². The highest BCUT2D eigenvalue weighted by Crippen LogP contribution is 2.37. The van der Waals surface area contributed by atoms with Crippen LogP contribution in [0.5, 0.6) is 0 Å². The summed E-state index contributed by atoms with van der Waals surface area (Å²) in [7, 11) is 0. The zero-order valence-electron chi connectivity index (χ0n) is 7.93. The second-order valence-electron chi connectivity index (χ2n) is 4.01. The van der Waals surface area contributed by atoms with Gasteiger partial charge in [-0.1, -0.05) is 0 Å². The van der Waals surface area contributed by atoms with Gasteiger partial charge in [0.25, 0.3) is 0 Å². The van der Waals surface area contributed by atoms with Gasteiger partial charge in [-0.3, -0.25) is 4.79 Å². The SMILES string of the molecule is CC1(C(=O)NC2CNC2)CCCS1. The van der Waals surface area contributed by atoms with Gasteiger partial charge < -0.3 is 10.6 Å². The summed E-state index contributed by atoms with van der Waals surface area (Å²) in [6, 6.07) is 0.380. The van der Waals surface area contributed by atoms with Crippen molar-refractivity contribution < 1.29 is 4.79 Å². The minimum atomic E-state index is -0.143. The number of thioether (sulfide) groups is 1. The van der Waals surface area contributed by atoms with Crippen molar-refractivity contribution in [3.63, 3.8) is 0 Å². The smallest absolute Gasteiger partial charge is 0.236 e. The highest BCUT2D eigenvalue weighted by molar-refractivity contribution is 8.01. The largest absolute Gasteiger partial charge is 0.350 e. The number of amides is 1. The van der Waals surface area contributed by atoms with E-state index in [1.165, 1.54) is 6.42 Å². The van der Waals surface area contributed by atoms with Crippen LogP contribution in [0.3, 0.4) is 0 Å². The summed E-state index contributed by atoms with van der Waals surface area (Å²) in [6.45, 7) is 3.94. The fourth-order valence-electron chi connectivity index (χ4n) is 1.69. The molecule has 2 N–H and O–H groups in total. The third kappa shape index (κ3) is 1.83. The van der Waals surface area contributed by atoms with Crippen LogP contribution in [-0.4, -0.2) is 35.5 Å². The minimum absolute atomic E-state index is 0.143. The predicted molar refractivity (Wildman–Crippen MR) is 54.9 cm³/mol. The van der Waals surface area contributed by atoms with Crippen molar-refractivity contribution in [1.82, 2.24) is 10.6 Å². The third-order valence-corrected chi connectivity index (χ3v) is 4.34. The standard InChI is InChI=1S/C9H16N2OS/c1-9(3-2-4-13-9)8(12)11-7-5-10-6-7/h7,10H,2-6H2,1H3,(H,11,12). The average molecular weight is 200 g/mol. The summed E-state index contributed by atoms with van der Waals surface area (Å²) in [4.78, 5) is 11.8. The van der Waals surface area contributed by atoms with Gasteiger partial charge in [0, 0.05) is 13.1 Å². The molecule has 0 aliphatic carbocycles. The quantitative estimate of drug-likeness (QED) is 0.676. The first-order valence-electron chi connectivity index (χ1n) is 4.86. The molecule has 13 heavy (non-hydrogen) atoms. The van der Waals surface area contributed by atoms with E-state index in [-0.39, 0.29) is 10.7 Å². The van der Waals surface area contributed by atoms with E-state index < -0.39 is 0 Å². The molecule has 2 rings (SSSR count). The van der Waals surface area contributed by atoms with Crippen molar-refractivity contribution in [1.29, 1.82) is 0 Å². The number of carbonyl (C=O) groups is 1. The molecule has 2 fully saturated rings. The molecule has 0 bridgehead atoms. The number of nitrogens with one attached hydrogen (secondary N) is 2. The highest BCUT2D eigenvalue weighted by atomic mass is 32.2. The van der Waals surface area contributed by atoms with E-state index in [0.29, 0.717) is 6.04 Å². The molecule has 1 atom stereocenters. The summed E-state index contributed by atoms with van der Waals surface area (Å²) >= 11 is 1.80. The fourth-order valence-corrected chi connectivity index (χ4v) is 2.90. The molecule has 1 amide bonds. The normalized spacial score (nSPS) is 34.2. The molecule has 2 aliphatic heterocycles. The van der Waals surface area contributed by atoms with E-state index in [1.54, 1.807) is 11.8 Å². The number of rotatable bonds is 2. The van der Waals surface area contributed by atoms with Crippen LogP contribution in [0.25, 0.3) is 0 Å². The molecule has 0 radical (unpaired) electrons. The monoisotopic (exact) mass is 200 g/mol. The maximum absolute atomic E-state index is 11.8. The van der Waals surface area contributed by atoms with Crippen molar-refractivity contribution in [2.75, 3.05) is 18.8 Å². The lowest BCUT2D eigenvalue weighted by Crippen LogP contribution is -2.59. The lowest BCUT2D eigenvalue weighted by Gasteiger charge is -2.31. The van der Waals surface area contributed by atoms with Gasteiger partial charge in [0.15, 0.2) is 0 Å². The molecule has 74 valence electrons. The Hall–Kier alpha value is -0.220. The van der Waals surface area contributed by atoms with Crippen molar-refractivity contribution in [3.05, 3.63) is 0 Å². The molecule has 1 unspecified atom stereocenters. The minimum Gasteiger partial charge on any atom is -0.350 e. The van der Waals surface area contributed by atoms with E-state index in [2.05, 4.69) is 17.6 Å². The zero-order valence-corrected chi connectivity index (χ0v) is 8.75. The van der Waals surface area contributed by atoms with Crippen LogP contribution in [0.15, 0.2) is 0 Å². The Morgan fingerprint density at radius 3 is 2.85 bits per heavy atom. The first-order valence-corrected chi connectivity index (χ1v) is 5.85. The van der Waals surface area contributed by atoms with Gasteiger partial charge in [-0.05, 0) is 25.5 Å². The Bertz CT molecular complexity index is 210. The lowest BCUT2D eigenvalue weighted by molar-refractivity contribution is -0.124. The maximum Gasteiger partial charge on any atom is 0.236 e. The molecule has 2 aliphatic rings. The van der Waals surface area contributed by atoms with Crippen molar-refractivity contribution in [2.45, 2.75) is 30.6 Å². The van der Waals surface area contributed by atoms with Crippen LogP contribution in [0.1, 0.15) is 19.8 Å². The molecular weight excluding hydrogens is 184 g/mol. The zero-order chi connectivity index (χ0) is 9.31. The van der Waals surface area contributed by atoms with Crippen molar-refractivity contribution in [3.8, 4) is 0 Å². The molecule has 4 heteroatoms. The average Bonchev–Trinajstić information content (AvgIpc) is 2.45. The van der Waals surface area contributed by atoms with Crippen molar-refractivity contribution in [2.24, 2.45) is 0 Å². The van der Waals surface area contributed by atoms with E-state index in [0.717, 1.165) is 25.3 Å². The van der Waals surface area contributed by atoms with E-state index in [9.17, 15) is 4.79 Å². The molecular formula is C9H16N2OS. The number of carbonyl (C=O) groups excluding carboxylic acids is 1. The Kier molecular flexibility index (Phi) is 2.51. The van der Waals surface area contributed by atoms with Crippen LogP contribution >= 0.6 is 11.8 Å². The second kappa shape index (κ2) is 3.50. The Morgan fingerprint density at radius 1 is 1.62 bits per heavy atom. The van der Waals surface area contributed by atoms with Crippen LogP contribution in [0, 0.1) is 0 Å². The molecule has 0 saturated carbocycles. The van der Waals surface area contributed by atoms with Gasteiger partial charge in [-0.15, -0.1) is 11.8 Å². The Morgan fingerprint density at radius 2 is 2.38 bits per heavy atom. The summed E-state index contributed by atoms with van der Waals surface area (Å²) in [5.41, 5.74) is 0. The predicted octanol–water partition coefficient (Wildman–Crippen LogP) is 0.360. The molecule has 3 nitrogen and oxygen atoms in total. The first kappa shape index (κ1) is 9.34. The van der Waals surface area contributed by atoms with Crippen LogP contribution in [-0.2, 0) is 4.79 Å². The van der Waals surface area contributed by atoms with Crippen LogP contribution < -0.4 is 10.6 Å². The number of hydrogen-bond donors (Lipinski definition) is 2. The molecule has 0 aromatic heterocycles. The van der Waals surface area contributed by atoms with Gasteiger partial charge in [0.2, 0.25) is 5.91 Å². The third-order valence-electron chi connectivity index (χ3n) is 2.82. The van der Waals surface area contributed by atoms with Gasteiger partial charge in [0.05, 0.1) is 10.8 Å². The molecule has 0 aromatic rings. The summed E-state index contributed by atoms with van der Waals surface area (Å²) < 4.78 is -0.143. The summed E-state index contributed by atoms with van der Waals surface area (Å²) in [6.07, 6.45) is 2.21. The Labute approximate surface area is 83.0 Å². The Balaban J connectivity index is 1.87.